The monoisotopic (exact) mass is 238 g/mol. The van der Waals surface area contributed by atoms with Crippen LogP contribution >= 0.6 is 0 Å². The predicted molar refractivity (Wildman–Crippen MR) is 65.5 cm³/mol. The summed E-state index contributed by atoms with van der Waals surface area (Å²) in [6, 6.07) is 0. The highest BCUT2D eigenvalue weighted by atomic mass is 16.2. The molecule has 1 fully saturated rings. The smallest absolute Gasteiger partial charge is 0.156 e. The van der Waals surface area contributed by atoms with Crippen LogP contribution in [-0.4, -0.2) is 17.3 Å². The summed E-state index contributed by atoms with van der Waals surface area (Å²) >= 11 is 0. The van der Waals surface area contributed by atoms with Gasteiger partial charge in [-0.25, -0.2) is 0 Å². The van der Waals surface area contributed by atoms with Crippen LogP contribution in [0.5, 0.6) is 0 Å². The lowest BCUT2D eigenvalue weighted by atomic mass is 9.45. The molecular formula is C14H22O3. The third-order valence-electron chi connectivity index (χ3n) is 5.29. The Morgan fingerprint density at radius 1 is 0.882 bits per heavy atom. The Hall–Kier alpha value is -0.990. The molecule has 1 aliphatic carbocycles. The Labute approximate surface area is 103 Å². The van der Waals surface area contributed by atoms with Crippen molar-refractivity contribution in [1.29, 1.82) is 0 Å². The maximum absolute atomic E-state index is 12.4. The van der Waals surface area contributed by atoms with Gasteiger partial charge in [-0.15, -0.1) is 0 Å². The van der Waals surface area contributed by atoms with E-state index in [1.807, 2.05) is 41.5 Å². The minimum Gasteiger partial charge on any atom is -0.299 e. The second kappa shape index (κ2) is 3.50. The van der Waals surface area contributed by atoms with E-state index in [9.17, 15) is 14.4 Å². The molecule has 1 saturated carbocycles. The van der Waals surface area contributed by atoms with Crippen LogP contribution in [0, 0.1) is 22.2 Å². The molecule has 0 radical (unpaired) electrons. The summed E-state index contributed by atoms with van der Waals surface area (Å²) in [6.45, 7) is 12.5. The number of carbonyl (C=O) groups excluding carboxylic acids is 3. The highest BCUT2D eigenvalue weighted by molar-refractivity contribution is 6.23. The second-order valence-corrected chi connectivity index (χ2v) is 6.65. The van der Waals surface area contributed by atoms with E-state index in [0.29, 0.717) is 0 Å². The standard InChI is InChI=1S/C14H22O3/c1-8(15)9-10(16)12(2,3)14(6,7)13(4,5)11(9)17/h9H,1-7H3. The third-order valence-corrected chi connectivity index (χ3v) is 5.29. The van der Waals surface area contributed by atoms with E-state index in [0.717, 1.165) is 0 Å². The maximum atomic E-state index is 12.4. The van der Waals surface area contributed by atoms with Crippen molar-refractivity contribution >= 4 is 17.3 Å². The molecule has 0 amide bonds. The van der Waals surface area contributed by atoms with Gasteiger partial charge in [0.1, 0.15) is 11.7 Å². The molecule has 1 aliphatic rings. The van der Waals surface area contributed by atoms with E-state index >= 15 is 0 Å². The van der Waals surface area contributed by atoms with Gasteiger partial charge in [-0.1, -0.05) is 41.5 Å². The van der Waals surface area contributed by atoms with Gasteiger partial charge in [-0.2, -0.15) is 0 Å². The summed E-state index contributed by atoms with van der Waals surface area (Å²) in [6.07, 6.45) is 0. The van der Waals surface area contributed by atoms with Gasteiger partial charge in [0, 0.05) is 10.8 Å². The summed E-state index contributed by atoms with van der Waals surface area (Å²) in [5.74, 6) is -1.89. The Balaban J connectivity index is 3.49. The van der Waals surface area contributed by atoms with Crippen molar-refractivity contribution in [3.8, 4) is 0 Å². The molecule has 3 heteroatoms. The summed E-state index contributed by atoms with van der Waals surface area (Å²) in [4.78, 5) is 36.3. The molecule has 17 heavy (non-hydrogen) atoms. The fraction of sp³-hybridized carbons (Fsp3) is 0.786. The predicted octanol–water partition coefficient (Wildman–Crippen LogP) is 2.42. The van der Waals surface area contributed by atoms with Crippen molar-refractivity contribution < 1.29 is 14.4 Å². The number of hydrogen-bond donors (Lipinski definition) is 0. The number of hydrogen-bond acceptors (Lipinski definition) is 3. The Bertz CT molecular complexity index is 370. The largest absolute Gasteiger partial charge is 0.299 e. The Morgan fingerprint density at radius 3 is 1.41 bits per heavy atom. The van der Waals surface area contributed by atoms with Crippen LogP contribution in [0.4, 0.5) is 0 Å². The zero-order valence-corrected chi connectivity index (χ0v) is 11.8. The van der Waals surface area contributed by atoms with Gasteiger partial charge < -0.3 is 0 Å². The SMILES string of the molecule is CC(=O)C1C(=O)C(C)(C)C(C)(C)C(C)(C)C1=O. The highest BCUT2D eigenvalue weighted by Crippen LogP contribution is 2.57. The van der Waals surface area contributed by atoms with Crippen molar-refractivity contribution in [2.24, 2.45) is 22.2 Å². The molecule has 0 aromatic rings. The first kappa shape index (κ1) is 14.1. The summed E-state index contributed by atoms with van der Waals surface area (Å²) in [5.41, 5.74) is -1.83. The van der Waals surface area contributed by atoms with Gasteiger partial charge in [-0.05, 0) is 12.3 Å². The average molecular weight is 238 g/mol. The summed E-state index contributed by atoms with van der Waals surface area (Å²) in [7, 11) is 0. The molecule has 3 nitrogen and oxygen atoms in total. The fourth-order valence-electron chi connectivity index (χ4n) is 2.61. The van der Waals surface area contributed by atoms with Crippen LogP contribution in [-0.2, 0) is 14.4 Å². The first-order valence-electron chi connectivity index (χ1n) is 5.98. The van der Waals surface area contributed by atoms with E-state index in [-0.39, 0.29) is 17.3 Å². The van der Waals surface area contributed by atoms with Crippen LogP contribution in [0.15, 0.2) is 0 Å². The molecular weight excluding hydrogens is 216 g/mol. The third kappa shape index (κ3) is 1.51. The van der Waals surface area contributed by atoms with Gasteiger partial charge in [0.2, 0.25) is 0 Å². The molecule has 0 N–H and O–H groups in total. The van der Waals surface area contributed by atoms with Crippen molar-refractivity contribution in [3.05, 3.63) is 0 Å². The van der Waals surface area contributed by atoms with Crippen LogP contribution in [0.3, 0.4) is 0 Å². The van der Waals surface area contributed by atoms with Crippen LogP contribution in [0.2, 0.25) is 0 Å². The highest BCUT2D eigenvalue weighted by Gasteiger charge is 2.63. The zero-order chi connectivity index (χ0) is 13.8. The van der Waals surface area contributed by atoms with Gasteiger partial charge in [0.25, 0.3) is 0 Å². The second-order valence-electron chi connectivity index (χ2n) is 6.65. The molecule has 0 heterocycles. The normalized spacial score (nSPS) is 27.0. The zero-order valence-electron chi connectivity index (χ0n) is 11.8. The van der Waals surface area contributed by atoms with E-state index in [1.165, 1.54) is 6.92 Å². The lowest BCUT2D eigenvalue weighted by Gasteiger charge is -2.55. The van der Waals surface area contributed by atoms with Crippen molar-refractivity contribution in [3.63, 3.8) is 0 Å². The topological polar surface area (TPSA) is 51.2 Å². The fourth-order valence-corrected chi connectivity index (χ4v) is 2.61. The first-order chi connectivity index (χ1) is 7.39. The Kier molecular flexibility index (Phi) is 2.90. The number of carbonyl (C=O) groups is 3. The number of Topliss-reactive ketones (excluding diaryl/α,β-unsaturated/α-hetero) is 3. The van der Waals surface area contributed by atoms with Gasteiger partial charge in [0.15, 0.2) is 11.6 Å². The lowest BCUT2D eigenvalue weighted by Crippen LogP contribution is -2.62. The molecule has 1 rings (SSSR count). The van der Waals surface area contributed by atoms with E-state index in [2.05, 4.69) is 0 Å². The molecule has 0 aromatic heterocycles. The first-order valence-corrected chi connectivity index (χ1v) is 5.98. The van der Waals surface area contributed by atoms with Gasteiger partial charge in [-0.3, -0.25) is 14.4 Å². The summed E-state index contributed by atoms with van der Waals surface area (Å²) in [5, 5.41) is 0. The van der Waals surface area contributed by atoms with Gasteiger partial charge in [0.05, 0.1) is 0 Å². The molecule has 0 saturated heterocycles. The maximum Gasteiger partial charge on any atom is 0.156 e. The minimum atomic E-state index is -1.08. The van der Waals surface area contributed by atoms with E-state index in [4.69, 9.17) is 0 Å². The van der Waals surface area contributed by atoms with Crippen LogP contribution < -0.4 is 0 Å². The number of ketones is 3. The Morgan fingerprint density at radius 2 is 1.18 bits per heavy atom. The molecule has 0 bridgehead atoms. The van der Waals surface area contributed by atoms with Crippen molar-refractivity contribution in [2.75, 3.05) is 0 Å². The molecule has 0 aliphatic heterocycles. The van der Waals surface area contributed by atoms with E-state index < -0.39 is 22.2 Å². The van der Waals surface area contributed by atoms with Crippen molar-refractivity contribution in [1.82, 2.24) is 0 Å². The molecule has 0 aromatic carbocycles. The molecule has 0 unspecified atom stereocenters. The minimum absolute atomic E-state index is 0.237. The summed E-state index contributed by atoms with van der Waals surface area (Å²) < 4.78 is 0. The molecule has 96 valence electrons. The van der Waals surface area contributed by atoms with Gasteiger partial charge >= 0.3 is 0 Å². The van der Waals surface area contributed by atoms with E-state index in [1.54, 1.807) is 0 Å². The van der Waals surface area contributed by atoms with Crippen molar-refractivity contribution in [2.45, 2.75) is 48.5 Å². The molecule has 0 atom stereocenters. The van der Waals surface area contributed by atoms with Crippen LogP contribution in [0.25, 0.3) is 0 Å². The molecule has 0 spiro atoms. The lowest BCUT2D eigenvalue weighted by molar-refractivity contribution is -0.169. The quantitative estimate of drug-likeness (QED) is 0.659. The van der Waals surface area contributed by atoms with Crippen LogP contribution in [0.1, 0.15) is 48.5 Å². The average Bonchev–Trinajstić information content (AvgIpc) is 2.14. The number of rotatable bonds is 1.